The van der Waals surface area contributed by atoms with Gasteiger partial charge in [-0.05, 0) is 18.5 Å². The highest BCUT2D eigenvalue weighted by molar-refractivity contribution is 7.13. The molecule has 0 atom stereocenters. The maximum absolute atomic E-state index is 8.53. The molecule has 0 saturated heterocycles. The summed E-state index contributed by atoms with van der Waals surface area (Å²) in [6.45, 7) is 0.926. The van der Waals surface area contributed by atoms with Crippen molar-refractivity contribution >= 4 is 11.3 Å². The van der Waals surface area contributed by atoms with Gasteiger partial charge in [-0.2, -0.15) is 5.26 Å². The third kappa shape index (κ3) is 2.48. The third-order valence-corrected chi connectivity index (χ3v) is 2.95. The highest BCUT2D eigenvalue weighted by atomic mass is 32.1. The van der Waals surface area contributed by atoms with Crippen LogP contribution < -0.4 is 0 Å². The normalized spacial score (nSPS) is 10.6. The molecule has 0 saturated carbocycles. The van der Waals surface area contributed by atoms with Gasteiger partial charge in [0.05, 0.1) is 30.2 Å². The number of rotatable bonds is 4. The van der Waals surface area contributed by atoms with Crippen LogP contribution in [0.15, 0.2) is 28.1 Å². The van der Waals surface area contributed by atoms with Gasteiger partial charge in [0.2, 0.25) is 5.89 Å². The molecule has 0 fully saturated rings. The summed E-state index contributed by atoms with van der Waals surface area (Å²) in [5, 5.41) is 10.5. The van der Waals surface area contributed by atoms with Crippen molar-refractivity contribution in [1.82, 2.24) is 9.88 Å². The minimum absolute atomic E-state index is 0.372. The van der Waals surface area contributed by atoms with E-state index >= 15 is 0 Å². The lowest BCUT2D eigenvalue weighted by molar-refractivity contribution is 0.320. The molecule has 82 valence electrons. The molecule has 0 N–H and O–H groups in total. The van der Waals surface area contributed by atoms with Gasteiger partial charge in [-0.15, -0.1) is 11.3 Å². The molecule has 0 bridgehead atoms. The van der Waals surface area contributed by atoms with Gasteiger partial charge < -0.3 is 4.42 Å². The van der Waals surface area contributed by atoms with Crippen molar-refractivity contribution in [3.63, 3.8) is 0 Å². The first-order chi connectivity index (χ1) is 7.79. The number of nitrogens with zero attached hydrogens (tertiary/aromatic N) is 3. The molecule has 4 nitrogen and oxygen atoms in total. The van der Waals surface area contributed by atoms with E-state index in [1.54, 1.807) is 17.5 Å². The lowest BCUT2D eigenvalue weighted by atomic mass is 10.4. The number of hydrogen-bond donors (Lipinski definition) is 0. The zero-order chi connectivity index (χ0) is 11.4. The van der Waals surface area contributed by atoms with E-state index in [9.17, 15) is 0 Å². The molecule has 5 heteroatoms. The monoisotopic (exact) mass is 233 g/mol. The molecule has 0 aromatic carbocycles. The Hall–Kier alpha value is -1.64. The minimum atomic E-state index is 0.372. The molecular weight excluding hydrogens is 222 g/mol. The van der Waals surface area contributed by atoms with Crippen molar-refractivity contribution in [2.45, 2.75) is 6.54 Å². The van der Waals surface area contributed by atoms with Crippen molar-refractivity contribution in [1.29, 1.82) is 5.26 Å². The fourth-order valence-corrected chi connectivity index (χ4v) is 1.99. The number of oxazole rings is 1. The maximum atomic E-state index is 8.53. The Morgan fingerprint density at radius 2 is 2.50 bits per heavy atom. The molecule has 0 amide bonds. The van der Waals surface area contributed by atoms with Crippen LogP contribution in [0.2, 0.25) is 0 Å². The second kappa shape index (κ2) is 4.92. The van der Waals surface area contributed by atoms with Crippen molar-refractivity contribution in [2.24, 2.45) is 0 Å². The average molecular weight is 233 g/mol. The Morgan fingerprint density at radius 1 is 1.62 bits per heavy atom. The van der Waals surface area contributed by atoms with Gasteiger partial charge >= 0.3 is 0 Å². The molecule has 2 heterocycles. The number of thiophene rings is 1. The van der Waals surface area contributed by atoms with Crippen LogP contribution in [-0.2, 0) is 6.54 Å². The molecule has 0 radical (unpaired) electrons. The predicted molar refractivity (Wildman–Crippen MR) is 61.8 cm³/mol. The van der Waals surface area contributed by atoms with Crippen molar-refractivity contribution < 1.29 is 4.42 Å². The molecule has 16 heavy (non-hydrogen) atoms. The van der Waals surface area contributed by atoms with Gasteiger partial charge in [0.25, 0.3) is 0 Å². The standard InChI is InChI=1S/C11H11N3OS/c1-14(5-4-12)8-11-13-7-9(15-11)10-3-2-6-16-10/h2-3,6-7H,5,8H2,1H3. The third-order valence-electron chi connectivity index (χ3n) is 2.06. The van der Waals surface area contributed by atoms with Crippen LogP contribution in [0.4, 0.5) is 0 Å². The molecular formula is C11H11N3OS. The summed E-state index contributed by atoms with van der Waals surface area (Å²) < 4.78 is 5.59. The van der Waals surface area contributed by atoms with Crippen LogP contribution in [0.3, 0.4) is 0 Å². The zero-order valence-electron chi connectivity index (χ0n) is 8.88. The second-order valence-electron chi connectivity index (χ2n) is 3.43. The number of hydrogen-bond acceptors (Lipinski definition) is 5. The Labute approximate surface area is 97.8 Å². The molecule has 0 spiro atoms. The molecule has 0 unspecified atom stereocenters. The predicted octanol–water partition coefficient (Wildman–Crippen LogP) is 2.36. The highest BCUT2D eigenvalue weighted by Crippen LogP contribution is 2.25. The van der Waals surface area contributed by atoms with E-state index in [-0.39, 0.29) is 0 Å². The Kier molecular flexibility index (Phi) is 3.34. The van der Waals surface area contributed by atoms with Crippen LogP contribution in [0.5, 0.6) is 0 Å². The van der Waals surface area contributed by atoms with Crippen molar-refractivity contribution in [2.75, 3.05) is 13.6 Å². The second-order valence-corrected chi connectivity index (χ2v) is 4.37. The Bertz CT molecular complexity index is 484. The van der Waals surface area contributed by atoms with Gasteiger partial charge in [0.15, 0.2) is 5.76 Å². The van der Waals surface area contributed by atoms with E-state index in [4.69, 9.17) is 9.68 Å². The first kappa shape index (κ1) is 10.9. The van der Waals surface area contributed by atoms with E-state index in [2.05, 4.69) is 11.1 Å². The lowest BCUT2D eigenvalue weighted by Gasteiger charge is -2.08. The van der Waals surface area contributed by atoms with Gasteiger partial charge in [-0.3, -0.25) is 4.90 Å². The van der Waals surface area contributed by atoms with Gasteiger partial charge in [-0.1, -0.05) is 6.07 Å². The topological polar surface area (TPSA) is 53.1 Å². The van der Waals surface area contributed by atoms with Crippen LogP contribution in [0, 0.1) is 11.3 Å². The van der Waals surface area contributed by atoms with Crippen LogP contribution >= 0.6 is 11.3 Å². The first-order valence-corrected chi connectivity index (χ1v) is 5.71. The largest absolute Gasteiger partial charge is 0.438 e. The van der Waals surface area contributed by atoms with Gasteiger partial charge in [-0.25, -0.2) is 4.98 Å². The van der Waals surface area contributed by atoms with E-state index in [0.29, 0.717) is 19.0 Å². The number of nitriles is 1. The van der Waals surface area contributed by atoms with Crippen LogP contribution in [0.1, 0.15) is 5.89 Å². The van der Waals surface area contributed by atoms with Crippen LogP contribution in [0.25, 0.3) is 10.6 Å². The summed E-state index contributed by atoms with van der Waals surface area (Å²) in [6, 6.07) is 6.05. The quantitative estimate of drug-likeness (QED) is 0.761. The van der Waals surface area contributed by atoms with Crippen molar-refractivity contribution in [3.8, 4) is 16.7 Å². The van der Waals surface area contributed by atoms with E-state index in [1.165, 1.54) is 0 Å². The van der Waals surface area contributed by atoms with Gasteiger partial charge in [0, 0.05) is 0 Å². The summed E-state index contributed by atoms with van der Waals surface area (Å²) >= 11 is 1.62. The molecule has 0 aliphatic carbocycles. The smallest absolute Gasteiger partial charge is 0.209 e. The molecule has 0 aliphatic rings. The number of aromatic nitrogens is 1. The van der Waals surface area contributed by atoms with Crippen LogP contribution in [-0.4, -0.2) is 23.5 Å². The summed E-state index contributed by atoms with van der Waals surface area (Å²) in [6.07, 6.45) is 1.72. The Balaban J connectivity index is 2.06. The van der Waals surface area contributed by atoms with Crippen molar-refractivity contribution in [3.05, 3.63) is 29.6 Å². The first-order valence-electron chi connectivity index (χ1n) is 4.83. The SMILES string of the molecule is CN(CC#N)Cc1ncc(-c2cccs2)o1. The summed E-state index contributed by atoms with van der Waals surface area (Å²) in [5.74, 6) is 1.43. The molecule has 2 rings (SSSR count). The summed E-state index contributed by atoms with van der Waals surface area (Å²) in [7, 11) is 1.86. The fourth-order valence-electron chi connectivity index (χ4n) is 1.32. The summed E-state index contributed by atoms with van der Waals surface area (Å²) in [5.41, 5.74) is 0. The highest BCUT2D eigenvalue weighted by Gasteiger charge is 2.08. The zero-order valence-corrected chi connectivity index (χ0v) is 9.70. The van der Waals surface area contributed by atoms with E-state index in [1.807, 2.05) is 29.5 Å². The van der Waals surface area contributed by atoms with E-state index in [0.717, 1.165) is 10.6 Å². The Morgan fingerprint density at radius 3 is 3.19 bits per heavy atom. The fraction of sp³-hybridized carbons (Fsp3) is 0.273. The van der Waals surface area contributed by atoms with Gasteiger partial charge in [0.1, 0.15) is 0 Å². The molecule has 2 aromatic heterocycles. The minimum Gasteiger partial charge on any atom is -0.438 e. The maximum Gasteiger partial charge on any atom is 0.209 e. The lowest BCUT2D eigenvalue weighted by Crippen LogP contribution is -2.17. The summed E-state index contributed by atoms with van der Waals surface area (Å²) in [4.78, 5) is 7.11. The molecule has 2 aromatic rings. The van der Waals surface area contributed by atoms with E-state index < -0.39 is 0 Å². The average Bonchev–Trinajstić information content (AvgIpc) is 2.86. The molecule has 0 aliphatic heterocycles.